The highest BCUT2D eigenvalue weighted by Crippen LogP contribution is 2.29. The largest absolute Gasteiger partial charge is 0.496 e. The third-order valence-electron chi connectivity index (χ3n) is 2.73. The van der Waals surface area contributed by atoms with Crippen molar-refractivity contribution in [3.63, 3.8) is 0 Å². The fourth-order valence-corrected chi connectivity index (χ4v) is 5.04. The minimum absolute atomic E-state index is 0.307. The average Bonchev–Trinajstić information content (AvgIpc) is 2.39. The number of hydrogen-bond acceptors (Lipinski definition) is 4. The fraction of sp³-hybridized carbons (Fsp3) is 0.455. The summed E-state index contributed by atoms with van der Waals surface area (Å²) in [4.78, 5) is 0.307. The molecule has 0 amide bonds. The lowest BCUT2D eigenvalue weighted by Crippen LogP contribution is -2.37. The Bertz CT molecular complexity index is 527. The smallest absolute Gasteiger partial charge is 0.243 e. The third-order valence-corrected chi connectivity index (χ3v) is 6.19. The first kappa shape index (κ1) is 14.2. The Balaban J connectivity index is 2.32. The molecule has 7 heteroatoms. The maximum Gasteiger partial charge on any atom is 0.243 e. The molecule has 1 heterocycles. The summed E-state index contributed by atoms with van der Waals surface area (Å²) in [6, 6.07) is 4.84. The van der Waals surface area contributed by atoms with Gasteiger partial charge < -0.3 is 4.74 Å². The molecule has 1 aliphatic heterocycles. The van der Waals surface area contributed by atoms with Gasteiger partial charge in [0.05, 0.1) is 16.5 Å². The Morgan fingerprint density at radius 2 is 2.00 bits per heavy atom. The predicted molar refractivity (Wildman–Crippen MR) is 76.8 cm³/mol. The number of halogens is 1. The summed E-state index contributed by atoms with van der Waals surface area (Å²) < 4.78 is 32.1. The van der Waals surface area contributed by atoms with E-state index in [2.05, 4.69) is 15.9 Å². The van der Waals surface area contributed by atoms with Gasteiger partial charge in [-0.25, -0.2) is 8.42 Å². The number of hydrogen-bond donors (Lipinski definition) is 0. The van der Waals surface area contributed by atoms with Gasteiger partial charge in [0.15, 0.2) is 0 Å². The minimum atomic E-state index is -3.38. The zero-order chi connectivity index (χ0) is 13.2. The number of methoxy groups -OCH3 is 1. The zero-order valence-electron chi connectivity index (χ0n) is 9.93. The zero-order valence-corrected chi connectivity index (χ0v) is 13.1. The Labute approximate surface area is 120 Å². The summed E-state index contributed by atoms with van der Waals surface area (Å²) in [7, 11) is -1.82. The van der Waals surface area contributed by atoms with E-state index in [0.29, 0.717) is 28.2 Å². The van der Waals surface area contributed by atoms with Crippen LogP contribution in [0.2, 0.25) is 0 Å². The first-order chi connectivity index (χ1) is 8.55. The second-order valence-electron chi connectivity index (χ2n) is 3.81. The molecule has 0 radical (unpaired) electrons. The second kappa shape index (κ2) is 5.81. The molecule has 1 aromatic carbocycles. The molecule has 0 N–H and O–H groups in total. The van der Waals surface area contributed by atoms with E-state index in [0.717, 1.165) is 11.5 Å². The molecule has 1 fully saturated rings. The summed E-state index contributed by atoms with van der Waals surface area (Å²) in [5.41, 5.74) is 0. The highest BCUT2D eigenvalue weighted by atomic mass is 79.9. The topological polar surface area (TPSA) is 46.6 Å². The number of ether oxygens (including phenoxy) is 1. The number of thioether (sulfide) groups is 1. The van der Waals surface area contributed by atoms with Gasteiger partial charge in [-0.15, -0.1) is 0 Å². The molecule has 0 saturated carbocycles. The molecule has 0 aromatic heterocycles. The molecular formula is C11H14BrNO3S2. The molecule has 0 bridgehead atoms. The van der Waals surface area contributed by atoms with Gasteiger partial charge in [-0.3, -0.25) is 0 Å². The van der Waals surface area contributed by atoms with Crippen LogP contribution in [-0.4, -0.2) is 44.4 Å². The molecule has 1 aliphatic rings. The van der Waals surface area contributed by atoms with Crippen molar-refractivity contribution in [3.8, 4) is 5.75 Å². The van der Waals surface area contributed by atoms with Crippen LogP contribution in [-0.2, 0) is 10.0 Å². The average molecular weight is 352 g/mol. The van der Waals surface area contributed by atoms with E-state index in [4.69, 9.17) is 4.74 Å². The molecule has 18 heavy (non-hydrogen) atoms. The summed E-state index contributed by atoms with van der Waals surface area (Å²) in [5.74, 6) is 2.34. The van der Waals surface area contributed by atoms with Gasteiger partial charge in [-0.05, 0) is 34.1 Å². The molecule has 1 aromatic rings. The lowest BCUT2D eigenvalue weighted by molar-refractivity contribution is 0.411. The lowest BCUT2D eigenvalue weighted by Gasteiger charge is -2.25. The van der Waals surface area contributed by atoms with Gasteiger partial charge in [0, 0.05) is 24.6 Å². The molecule has 1 saturated heterocycles. The molecule has 0 atom stereocenters. The number of nitrogens with zero attached hydrogens (tertiary/aromatic N) is 1. The number of rotatable bonds is 3. The van der Waals surface area contributed by atoms with Crippen LogP contribution in [0.5, 0.6) is 5.75 Å². The van der Waals surface area contributed by atoms with Crippen LogP contribution in [0.4, 0.5) is 0 Å². The highest BCUT2D eigenvalue weighted by Gasteiger charge is 2.26. The van der Waals surface area contributed by atoms with Crippen molar-refractivity contribution in [3.05, 3.63) is 22.7 Å². The molecule has 0 spiro atoms. The van der Waals surface area contributed by atoms with Gasteiger partial charge in [0.2, 0.25) is 10.0 Å². The SMILES string of the molecule is COc1ccc(S(=O)(=O)N2CCSCC2)cc1Br. The van der Waals surface area contributed by atoms with Gasteiger partial charge in [0.25, 0.3) is 0 Å². The molecule has 2 rings (SSSR count). The molecule has 100 valence electrons. The number of benzene rings is 1. The van der Waals surface area contributed by atoms with Crippen LogP contribution >= 0.6 is 27.7 Å². The quantitative estimate of drug-likeness (QED) is 0.837. The van der Waals surface area contributed by atoms with E-state index < -0.39 is 10.0 Å². The van der Waals surface area contributed by atoms with Crippen LogP contribution in [0, 0.1) is 0 Å². The summed E-state index contributed by atoms with van der Waals surface area (Å²) in [6.07, 6.45) is 0. The first-order valence-electron chi connectivity index (χ1n) is 5.47. The van der Waals surface area contributed by atoms with Crippen molar-refractivity contribution in [2.45, 2.75) is 4.90 Å². The van der Waals surface area contributed by atoms with Crippen LogP contribution in [0.1, 0.15) is 0 Å². The van der Waals surface area contributed by atoms with Crippen LogP contribution in [0.25, 0.3) is 0 Å². The Morgan fingerprint density at radius 1 is 1.33 bits per heavy atom. The Hall–Kier alpha value is -0.240. The first-order valence-corrected chi connectivity index (χ1v) is 8.86. The standard InChI is InChI=1S/C11H14BrNO3S2/c1-16-11-3-2-9(8-10(11)12)18(14,15)13-4-6-17-7-5-13/h2-3,8H,4-7H2,1H3. The van der Waals surface area contributed by atoms with Crippen molar-refractivity contribution in [1.29, 1.82) is 0 Å². The van der Waals surface area contributed by atoms with E-state index in [1.807, 2.05) is 0 Å². The van der Waals surface area contributed by atoms with E-state index in [9.17, 15) is 8.42 Å². The van der Waals surface area contributed by atoms with Gasteiger partial charge >= 0.3 is 0 Å². The fourth-order valence-electron chi connectivity index (χ4n) is 1.74. The van der Waals surface area contributed by atoms with Crippen LogP contribution in [0.3, 0.4) is 0 Å². The minimum Gasteiger partial charge on any atom is -0.496 e. The van der Waals surface area contributed by atoms with E-state index in [1.165, 1.54) is 4.31 Å². The Morgan fingerprint density at radius 3 is 2.56 bits per heavy atom. The van der Waals surface area contributed by atoms with E-state index >= 15 is 0 Å². The van der Waals surface area contributed by atoms with Gasteiger partial charge in [-0.2, -0.15) is 16.1 Å². The monoisotopic (exact) mass is 351 g/mol. The van der Waals surface area contributed by atoms with Crippen molar-refractivity contribution in [2.24, 2.45) is 0 Å². The van der Waals surface area contributed by atoms with Gasteiger partial charge in [-0.1, -0.05) is 0 Å². The maximum absolute atomic E-state index is 12.4. The molecular weight excluding hydrogens is 338 g/mol. The van der Waals surface area contributed by atoms with Crippen molar-refractivity contribution in [2.75, 3.05) is 31.7 Å². The molecule has 4 nitrogen and oxygen atoms in total. The predicted octanol–water partition coefficient (Wildman–Crippen LogP) is 2.20. The second-order valence-corrected chi connectivity index (χ2v) is 7.83. The molecule has 0 unspecified atom stereocenters. The van der Waals surface area contributed by atoms with Gasteiger partial charge in [0.1, 0.15) is 5.75 Å². The van der Waals surface area contributed by atoms with E-state index in [-0.39, 0.29) is 0 Å². The van der Waals surface area contributed by atoms with Crippen molar-refractivity contribution in [1.82, 2.24) is 4.31 Å². The lowest BCUT2D eigenvalue weighted by atomic mass is 10.3. The third kappa shape index (κ3) is 2.84. The van der Waals surface area contributed by atoms with E-state index in [1.54, 1.807) is 37.1 Å². The van der Waals surface area contributed by atoms with Crippen molar-refractivity contribution < 1.29 is 13.2 Å². The summed E-state index contributed by atoms with van der Waals surface area (Å²) in [6.45, 7) is 1.16. The van der Waals surface area contributed by atoms with Crippen LogP contribution < -0.4 is 4.74 Å². The van der Waals surface area contributed by atoms with Crippen LogP contribution in [0.15, 0.2) is 27.6 Å². The summed E-state index contributed by atoms with van der Waals surface area (Å²) >= 11 is 5.10. The maximum atomic E-state index is 12.4. The summed E-state index contributed by atoms with van der Waals surface area (Å²) in [5, 5.41) is 0. The highest BCUT2D eigenvalue weighted by molar-refractivity contribution is 9.10. The molecule has 0 aliphatic carbocycles. The normalized spacial score (nSPS) is 17.7. The number of sulfonamides is 1. The Kier molecular flexibility index (Phi) is 4.58. The van der Waals surface area contributed by atoms with Crippen molar-refractivity contribution >= 4 is 37.7 Å².